The molecule has 172 valence electrons. The summed E-state index contributed by atoms with van der Waals surface area (Å²) in [5.74, 6) is -0.791. The fourth-order valence-electron chi connectivity index (χ4n) is 3.92. The Hall–Kier alpha value is -5.24. The number of amides is 2. The summed E-state index contributed by atoms with van der Waals surface area (Å²) in [4.78, 5) is 43.2. The second-order valence-corrected chi connectivity index (χ2v) is 8.18. The molecule has 0 aliphatic carbocycles. The molecule has 0 unspecified atom stereocenters. The van der Waals surface area contributed by atoms with Gasteiger partial charge >= 0.3 is 0 Å². The molecular weight excluding hydrogens is 452 g/mol. The molecule has 0 saturated heterocycles. The Bertz CT molecular complexity index is 1670. The molecule has 8 heteroatoms. The molecule has 0 radical (unpaired) electrons. The molecule has 6 aromatic rings. The number of nitrogens with zero attached hydrogens (tertiary/aromatic N) is 4. The highest BCUT2D eigenvalue weighted by molar-refractivity contribution is 6.06. The number of rotatable bonds is 4. The highest BCUT2D eigenvalue weighted by Crippen LogP contribution is 2.19. The predicted octanol–water partition coefficient (Wildman–Crippen LogP) is 5.23. The zero-order chi connectivity index (χ0) is 24.5. The monoisotopic (exact) mass is 470 g/mol. The number of fused-ring (bicyclic) bond motifs is 3. The summed E-state index contributed by atoms with van der Waals surface area (Å²) in [5.41, 5.74) is 3.46. The fourth-order valence-corrected chi connectivity index (χ4v) is 3.92. The molecule has 2 N–H and O–H groups in total. The number of aromatic nitrogens is 4. The minimum absolute atomic E-state index is 0.180. The summed E-state index contributed by atoms with van der Waals surface area (Å²) in [6.45, 7) is 0. The number of nitrogens with one attached hydrogen (secondary N) is 2. The van der Waals surface area contributed by atoms with Gasteiger partial charge in [0, 0.05) is 16.2 Å². The van der Waals surface area contributed by atoms with Crippen LogP contribution in [-0.4, -0.2) is 31.8 Å². The van der Waals surface area contributed by atoms with Crippen molar-refractivity contribution in [2.75, 3.05) is 10.6 Å². The van der Waals surface area contributed by atoms with E-state index in [9.17, 15) is 9.59 Å². The van der Waals surface area contributed by atoms with Crippen molar-refractivity contribution in [3.05, 3.63) is 109 Å². The van der Waals surface area contributed by atoms with E-state index >= 15 is 0 Å². The van der Waals surface area contributed by atoms with E-state index in [-0.39, 0.29) is 11.4 Å². The molecule has 36 heavy (non-hydrogen) atoms. The number of para-hydroxylation sites is 2. The molecular formula is C28H18N6O2. The van der Waals surface area contributed by atoms with Gasteiger partial charge in [-0.3, -0.25) is 19.6 Å². The predicted molar refractivity (Wildman–Crippen MR) is 139 cm³/mol. The molecule has 0 aliphatic rings. The lowest BCUT2D eigenvalue weighted by Gasteiger charge is -2.08. The lowest BCUT2D eigenvalue weighted by Crippen LogP contribution is -2.16. The molecule has 0 bridgehead atoms. The smallest absolute Gasteiger partial charge is 0.274 e. The SMILES string of the molecule is O=C(Nc1cnc2ccccc2c1)c1ccc2ccc(C(=O)Nc3cnc4ccccc4c3)nc2n1. The molecule has 2 aromatic carbocycles. The lowest BCUT2D eigenvalue weighted by atomic mass is 10.2. The third-order valence-electron chi connectivity index (χ3n) is 5.71. The van der Waals surface area contributed by atoms with Crippen LogP contribution in [0.3, 0.4) is 0 Å². The number of benzene rings is 2. The second-order valence-electron chi connectivity index (χ2n) is 8.18. The molecule has 0 spiro atoms. The van der Waals surface area contributed by atoms with E-state index in [2.05, 4.69) is 30.6 Å². The van der Waals surface area contributed by atoms with Gasteiger partial charge in [-0.25, -0.2) is 9.97 Å². The molecule has 0 fully saturated rings. The van der Waals surface area contributed by atoms with Gasteiger partial charge in [-0.2, -0.15) is 0 Å². The Morgan fingerprint density at radius 3 is 1.53 bits per heavy atom. The third kappa shape index (κ3) is 4.19. The molecule has 8 nitrogen and oxygen atoms in total. The average molecular weight is 470 g/mol. The van der Waals surface area contributed by atoms with Crippen LogP contribution in [0.15, 0.2) is 97.3 Å². The van der Waals surface area contributed by atoms with E-state index in [0.717, 1.165) is 21.8 Å². The van der Waals surface area contributed by atoms with Crippen LogP contribution < -0.4 is 10.6 Å². The molecule has 0 saturated carbocycles. The van der Waals surface area contributed by atoms with Crippen molar-refractivity contribution in [2.24, 2.45) is 0 Å². The molecule has 4 aromatic heterocycles. The van der Waals surface area contributed by atoms with Crippen LogP contribution in [0.4, 0.5) is 11.4 Å². The Kier molecular flexibility index (Phi) is 5.23. The van der Waals surface area contributed by atoms with E-state index in [1.165, 1.54) is 0 Å². The normalized spacial score (nSPS) is 11.0. The highest BCUT2D eigenvalue weighted by Gasteiger charge is 2.13. The van der Waals surface area contributed by atoms with Gasteiger partial charge in [0.25, 0.3) is 11.8 Å². The molecule has 0 aliphatic heterocycles. The van der Waals surface area contributed by atoms with E-state index in [0.29, 0.717) is 22.4 Å². The number of carbonyl (C=O) groups is 2. The van der Waals surface area contributed by atoms with Crippen LogP contribution in [0.25, 0.3) is 32.8 Å². The van der Waals surface area contributed by atoms with Crippen LogP contribution >= 0.6 is 0 Å². The van der Waals surface area contributed by atoms with Crippen LogP contribution in [0, 0.1) is 0 Å². The van der Waals surface area contributed by atoms with Gasteiger partial charge in [0.1, 0.15) is 11.4 Å². The summed E-state index contributed by atoms with van der Waals surface area (Å²) >= 11 is 0. The zero-order valence-corrected chi connectivity index (χ0v) is 18.8. The van der Waals surface area contributed by atoms with Crippen LogP contribution in [0.1, 0.15) is 21.0 Å². The lowest BCUT2D eigenvalue weighted by molar-refractivity contribution is 0.101. The molecule has 0 atom stereocenters. The first-order valence-electron chi connectivity index (χ1n) is 11.2. The van der Waals surface area contributed by atoms with E-state index in [1.807, 2.05) is 60.7 Å². The van der Waals surface area contributed by atoms with Gasteiger partial charge in [0.05, 0.1) is 34.8 Å². The first-order chi connectivity index (χ1) is 17.6. The quantitative estimate of drug-likeness (QED) is 0.365. The summed E-state index contributed by atoms with van der Waals surface area (Å²) in [6.07, 6.45) is 3.20. The zero-order valence-electron chi connectivity index (χ0n) is 18.8. The van der Waals surface area contributed by atoms with Crippen molar-refractivity contribution < 1.29 is 9.59 Å². The van der Waals surface area contributed by atoms with Gasteiger partial charge in [-0.1, -0.05) is 36.4 Å². The van der Waals surface area contributed by atoms with Gasteiger partial charge < -0.3 is 10.6 Å². The van der Waals surface area contributed by atoms with Crippen molar-refractivity contribution in [3.63, 3.8) is 0 Å². The van der Waals surface area contributed by atoms with Crippen molar-refractivity contribution in [1.82, 2.24) is 19.9 Å². The summed E-state index contributed by atoms with van der Waals surface area (Å²) in [5, 5.41) is 8.19. The summed E-state index contributed by atoms with van der Waals surface area (Å²) in [6, 6.07) is 25.7. The van der Waals surface area contributed by atoms with Crippen molar-refractivity contribution >= 4 is 56.0 Å². The number of anilines is 2. The van der Waals surface area contributed by atoms with E-state index < -0.39 is 11.8 Å². The van der Waals surface area contributed by atoms with Crippen molar-refractivity contribution in [3.8, 4) is 0 Å². The number of hydrogen-bond donors (Lipinski definition) is 2. The Labute approximate surface area is 205 Å². The van der Waals surface area contributed by atoms with Gasteiger partial charge in [0.15, 0.2) is 5.65 Å². The molecule has 2 amide bonds. The Balaban J connectivity index is 1.23. The molecule has 4 heterocycles. The van der Waals surface area contributed by atoms with Crippen molar-refractivity contribution in [1.29, 1.82) is 0 Å². The topological polar surface area (TPSA) is 110 Å². The fraction of sp³-hybridized carbons (Fsp3) is 0. The minimum atomic E-state index is -0.395. The van der Waals surface area contributed by atoms with Crippen LogP contribution in [-0.2, 0) is 0 Å². The summed E-state index contributed by atoms with van der Waals surface area (Å²) < 4.78 is 0. The third-order valence-corrected chi connectivity index (χ3v) is 5.71. The van der Waals surface area contributed by atoms with Gasteiger partial charge in [-0.05, 0) is 48.5 Å². The first-order valence-corrected chi connectivity index (χ1v) is 11.2. The Morgan fingerprint density at radius 1 is 0.556 bits per heavy atom. The minimum Gasteiger partial charge on any atom is -0.319 e. The summed E-state index contributed by atoms with van der Waals surface area (Å²) in [7, 11) is 0. The van der Waals surface area contributed by atoms with Crippen LogP contribution in [0.5, 0.6) is 0 Å². The van der Waals surface area contributed by atoms with Gasteiger partial charge in [-0.15, -0.1) is 0 Å². The first kappa shape index (κ1) is 21.3. The Morgan fingerprint density at radius 2 is 1.03 bits per heavy atom. The average Bonchev–Trinajstić information content (AvgIpc) is 2.92. The van der Waals surface area contributed by atoms with E-state index in [4.69, 9.17) is 0 Å². The van der Waals surface area contributed by atoms with E-state index in [1.54, 1.807) is 36.7 Å². The number of hydrogen-bond acceptors (Lipinski definition) is 6. The highest BCUT2D eigenvalue weighted by atomic mass is 16.2. The standard InChI is InChI=1S/C28H18N6O2/c35-27(31-20-13-18-5-1-3-7-22(18)29-15-20)24-11-9-17-10-12-25(34-26(17)33-24)28(36)32-21-14-19-6-2-4-8-23(19)30-16-21/h1-16H,(H,31,35)(H,32,36). The maximum atomic E-state index is 12.8. The van der Waals surface area contributed by atoms with Crippen LogP contribution in [0.2, 0.25) is 0 Å². The number of carbonyl (C=O) groups excluding carboxylic acids is 2. The second kappa shape index (κ2) is 8.84. The van der Waals surface area contributed by atoms with Crippen molar-refractivity contribution in [2.45, 2.75) is 0 Å². The maximum Gasteiger partial charge on any atom is 0.274 e. The largest absolute Gasteiger partial charge is 0.319 e. The van der Waals surface area contributed by atoms with Gasteiger partial charge in [0.2, 0.25) is 0 Å². The number of pyridine rings is 4. The maximum absolute atomic E-state index is 12.8. The molecule has 6 rings (SSSR count).